The SMILES string of the molecule is CCc1ccc(CNc2ccc(C(F)(F)F)cc2)s1. The zero-order valence-electron chi connectivity index (χ0n) is 10.4. The molecule has 102 valence electrons. The Hall–Kier alpha value is -1.49. The van der Waals surface area contributed by atoms with E-state index in [2.05, 4.69) is 18.3 Å². The highest BCUT2D eigenvalue weighted by Gasteiger charge is 2.29. The van der Waals surface area contributed by atoms with Crippen LogP contribution in [-0.4, -0.2) is 0 Å². The Morgan fingerprint density at radius 1 is 1.00 bits per heavy atom. The lowest BCUT2D eigenvalue weighted by Gasteiger charge is -2.08. The Balaban J connectivity index is 1.96. The fourth-order valence-corrected chi connectivity index (χ4v) is 2.57. The second-order valence-electron chi connectivity index (χ2n) is 4.15. The summed E-state index contributed by atoms with van der Waals surface area (Å²) in [6.07, 6.45) is -3.27. The second-order valence-corrected chi connectivity index (χ2v) is 5.40. The van der Waals surface area contributed by atoms with Gasteiger partial charge in [0.1, 0.15) is 0 Å². The number of hydrogen-bond donors (Lipinski definition) is 1. The quantitative estimate of drug-likeness (QED) is 0.838. The fourth-order valence-electron chi connectivity index (χ4n) is 1.67. The van der Waals surface area contributed by atoms with Gasteiger partial charge >= 0.3 is 6.18 Å². The van der Waals surface area contributed by atoms with Crippen molar-refractivity contribution in [2.75, 3.05) is 5.32 Å². The van der Waals surface area contributed by atoms with Gasteiger partial charge in [-0.2, -0.15) is 13.2 Å². The topological polar surface area (TPSA) is 12.0 Å². The average Bonchev–Trinajstić information content (AvgIpc) is 2.84. The van der Waals surface area contributed by atoms with Crippen LogP contribution < -0.4 is 5.32 Å². The number of aryl methyl sites for hydroxylation is 1. The first-order chi connectivity index (χ1) is 8.99. The maximum absolute atomic E-state index is 12.4. The Labute approximate surface area is 114 Å². The summed E-state index contributed by atoms with van der Waals surface area (Å²) in [5.74, 6) is 0. The highest BCUT2D eigenvalue weighted by molar-refractivity contribution is 7.12. The van der Waals surface area contributed by atoms with E-state index in [1.165, 1.54) is 21.9 Å². The molecule has 0 atom stereocenters. The van der Waals surface area contributed by atoms with E-state index < -0.39 is 11.7 Å². The minimum atomic E-state index is -4.28. The summed E-state index contributed by atoms with van der Waals surface area (Å²) in [5.41, 5.74) is 0.0712. The van der Waals surface area contributed by atoms with Crippen LogP contribution >= 0.6 is 11.3 Å². The van der Waals surface area contributed by atoms with Crippen molar-refractivity contribution >= 4 is 17.0 Å². The van der Waals surface area contributed by atoms with Crippen LogP contribution in [0.25, 0.3) is 0 Å². The number of hydrogen-bond acceptors (Lipinski definition) is 2. The Kier molecular flexibility index (Phi) is 4.14. The summed E-state index contributed by atoms with van der Waals surface area (Å²) < 4.78 is 37.2. The van der Waals surface area contributed by atoms with Crippen LogP contribution in [0.5, 0.6) is 0 Å². The third-order valence-electron chi connectivity index (χ3n) is 2.74. The minimum absolute atomic E-state index is 0.623. The van der Waals surface area contributed by atoms with Crippen LogP contribution in [0.4, 0.5) is 18.9 Å². The maximum Gasteiger partial charge on any atom is 0.416 e. The van der Waals surface area contributed by atoms with Crippen molar-refractivity contribution in [3.05, 3.63) is 51.7 Å². The van der Waals surface area contributed by atoms with E-state index in [0.29, 0.717) is 12.2 Å². The maximum atomic E-state index is 12.4. The molecule has 19 heavy (non-hydrogen) atoms. The van der Waals surface area contributed by atoms with Crippen LogP contribution in [-0.2, 0) is 19.1 Å². The molecule has 0 aliphatic carbocycles. The van der Waals surface area contributed by atoms with Crippen molar-refractivity contribution in [2.45, 2.75) is 26.1 Å². The van der Waals surface area contributed by atoms with Crippen molar-refractivity contribution in [2.24, 2.45) is 0 Å². The first kappa shape index (κ1) is 13.9. The van der Waals surface area contributed by atoms with Crippen molar-refractivity contribution < 1.29 is 13.2 Å². The summed E-state index contributed by atoms with van der Waals surface area (Å²) in [5, 5.41) is 3.12. The molecule has 2 aromatic rings. The van der Waals surface area contributed by atoms with Crippen LogP contribution in [0.1, 0.15) is 22.2 Å². The fraction of sp³-hybridized carbons (Fsp3) is 0.286. The van der Waals surface area contributed by atoms with Gasteiger partial charge in [-0.1, -0.05) is 6.92 Å². The predicted molar refractivity (Wildman–Crippen MR) is 72.5 cm³/mol. The third kappa shape index (κ3) is 3.73. The molecule has 1 heterocycles. The van der Waals surface area contributed by atoms with Gasteiger partial charge in [0.05, 0.1) is 5.56 Å². The molecule has 0 amide bonds. The van der Waals surface area contributed by atoms with Gasteiger partial charge in [-0.3, -0.25) is 0 Å². The van der Waals surface area contributed by atoms with E-state index in [-0.39, 0.29) is 0 Å². The normalized spacial score (nSPS) is 11.6. The summed E-state index contributed by atoms with van der Waals surface area (Å²) in [6.45, 7) is 2.73. The highest BCUT2D eigenvalue weighted by atomic mass is 32.1. The van der Waals surface area contributed by atoms with Crippen molar-refractivity contribution in [1.82, 2.24) is 0 Å². The Morgan fingerprint density at radius 3 is 2.16 bits per heavy atom. The van der Waals surface area contributed by atoms with Crippen LogP contribution in [0.3, 0.4) is 0 Å². The molecule has 0 bridgehead atoms. The molecule has 1 N–H and O–H groups in total. The molecule has 0 saturated heterocycles. The summed E-state index contributed by atoms with van der Waals surface area (Å²) in [6, 6.07) is 9.21. The summed E-state index contributed by atoms with van der Waals surface area (Å²) in [7, 11) is 0. The molecule has 1 nitrogen and oxygen atoms in total. The van der Waals surface area contributed by atoms with Crippen LogP contribution in [0.2, 0.25) is 0 Å². The molecule has 0 aliphatic heterocycles. The first-order valence-corrected chi connectivity index (χ1v) is 6.79. The van der Waals surface area contributed by atoms with E-state index in [1.54, 1.807) is 11.3 Å². The van der Waals surface area contributed by atoms with Crippen molar-refractivity contribution in [3.63, 3.8) is 0 Å². The highest BCUT2D eigenvalue weighted by Crippen LogP contribution is 2.30. The molecule has 0 unspecified atom stereocenters. The number of alkyl halides is 3. The number of nitrogens with one attached hydrogen (secondary N) is 1. The van der Waals surface area contributed by atoms with Gasteiger partial charge in [0.25, 0.3) is 0 Å². The number of thiophene rings is 1. The molecule has 1 aromatic heterocycles. The number of benzene rings is 1. The molecule has 5 heteroatoms. The number of rotatable bonds is 4. The molecule has 0 radical (unpaired) electrons. The lowest BCUT2D eigenvalue weighted by atomic mass is 10.2. The van der Waals surface area contributed by atoms with Gasteiger partial charge in [0.2, 0.25) is 0 Å². The van der Waals surface area contributed by atoms with E-state index in [4.69, 9.17) is 0 Å². The third-order valence-corrected chi connectivity index (χ3v) is 3.97. The smallest absolute Gasteiger partial charge is 0.380 e. The average molecular weight is 285 g/mol. The largest absolute Gasteiger partial charge is 0.416 e. The lowest BCUT2D eigenvalue weighted by molar-refractivity contribution is -0.137. The van der Waals surface area contributed by atoms with E-state index >= 15 is 0 Å². The van der Waals surface area contributed by atoms with Gasteiger partial charge in [-0.15, -0.1) is 11.3 Å². The Bertz CT molecular complexity index is 528. The molecular weight excluding hydrogens is 271 g/mol. The molecule has 1 aromatic carbocycles. The zero-order valence-corrected chi connectivity index (χ0v) is 11.2. The van der Waals surface area contributed by atoms with Crippen molar-refractivity contribution in [3.8, 4) is 0 Å². The van der Waals surface area contributed by atoms with Gasteiger partial charge in [0.15, 0.2) is 0 Å². The summed E-state index contributed by atoms with van der Waals surface area (Å²) in [4.78, 5) is 2.49. The first-order valence-electron chi connectivity index (χ1n) is 5.98. The summed E-state index contributed by atoms with van der Waals surface area (Å²) >= 11 is 1.72. The van der Waals surface area contributed by atoms with E-state index in [9.17, 15) is 13.2 Å². The van der Waals surface area contributed by atoms with Gasteiger partial charge < -0.3 is 5.32 Å². The van der Waals surface area contributed by atoms with Gasteiger partial charge in [-0.05, 0) is 42.8 Å². The van der Waals surface area contributed by atoms with E-state index in [0.717, 1.165) is 18.6 Å². The number of halogens is 3. The molecular formula is C14H14F3NS. The minimum Gasteiger partial charge on any atom is -0.380 e. The molecule has 0 saturated carbocycles. The lowest BCUT2D eigenvalue weighted by Crippen LogP contribution is -2.05. The molecule has 2 rings (SSSR count). The van der Waals surface area contributed by atoms with Gasteiger partial charge in [-0.25, -0.2) is 0 Å². The Morgan fingerprint density at radius 2 is 1.63 bits per heavy atom. The second kappa shape index (κ2) is 5.65. The zero-order chi connectivity index (χ0) is 13.9. The van der Waals surface area contributed by atoms with Gasteiger partial charge in [0, 0.05) is 22.0 Å². The van der Waals surface area contributed by atoms with Crippen LogP contribution in [0.15, 0.2) is 36.4 Å². The monoisotopic (exact) mass is 285 g/mol. The van der Waals surface area contributed by atoms with E-state index in [1.807, 2.05) is 6.07 Å². The van der Waals surface area contributed by atoms with Crippen molar-refractivity contribution in [1.29, 1.82) is 0 Å². The molecule has 0 aliphatic rings. The van der Waals surface area contributed by atoms with Crippen LogP contribution in [0, 0.1) is 0 Å². The number of anilines is 1. The molecule has 0 fully saturated rings. The molecule has 0 spiro atoms. The predicted octanol–water partition coefficient (Wildman–Crippen LogP) is 4.94. The standard InChI is InChI=1S/C14H14F3NS/c1-2-12-7-8-13(19-12)9-18-11-5-3-10(4-6-11)14(15,16)17/h3-8,18H,2,9H2,1H3.